The molecule has 0 radical (unpaired) electrons. The summed E-state index contributed by atoms with van der Waals surface area (Å²) in [6, 6.07) is 3.31. The molecule has 1 aromatic carbocycles. The monoisotopic (exact) mass is 299 g/mol. The number of ether oxygens (including phenoxy) is 3. The highest BCUT2D eigenvalue weighted by atomic mass is 35.5. The number of rotatable bonds is 4. The summed E-state index contributed by atoms with van der Waals surface area (Å²) in [5, 5.41) is 3.59. The molecular weight excluding hydrogens is 282 g/mol. The van der Waals surface area contributed by atoms with E-state index in [1.54, 1.807) is 6.92 Å². The highest BCUT2D eigenvalue weighted by molar-refractivity contribution is 6.32. The Morgan fingerprint density at radius 3 is 2.95 bits per heavy atom. The summed E-state index contributed by atoms with van der Waals surface area (Å²) in [6.07, 6.45) is 0.831. The van der Waals surface area contributed by atoms with E-state index in [2.05, 4.69) is 10.1 Å². The summed E-state index contributed by atoms with van der Waals surface area (Å²) >= 11 is 6.20. The van der Waals surface area contributed by atoms with E-state index in [0.29, 0.717) is 36.3 Å². The molecule has 1 aliphatic rings. The van der Waals surface area contributed by atoms with Crippen molar-refractivity contribution in [2.45, 2.75) is 25.9 Å². The van der Waals surface area contributed by atoms with Crippen LogP contribution in [0.4, 0.5) is 0 Å². The molecule has 5 nitrogen and oxygen atoms in total. The summed E-state index contributed by atoms with van der Waals surface area (Å²) in [5.41, 5.74) is 0.926. The number of benzene rings is 1. The maximum absolute atomic E-state index is 11.3. The van der Waals surface area contributed by atoms with Gasteiger partial charge in [-0.1, -0.05) is 11.6 Å². The molecule has 0 aromatic heterocycles. The molecule has 1 aliphatic heterocycles. The molecule has 2 rings (SSSR count). The van der Waals surface area contributed by atoms with Crippen molar-refractivity contribution in [3.05, 3.63) is 22.7 Å². The number of carbonyl (C=O) groups is 1. The summed E-state index contributed by atoms with van der Waals surface area (Å²) in [7, 11) is 1.37. The summed E-state index contributed by atoms with van der Waals surface area (Å²) in [4.78, 5) is 11.3. The molecule has 1 heterocycles. The fourth-order valence-electron chi connectivity index (χ4n) is 1.92. The molecule has 0 saturated heterocycles. The topological polar surface area (TPSA) is 56.8 Å². The number of esters is 1. The molecule has 110 valence electrons. The second-order valence-electron chi connectivity index (χ2n) is 4.58. The first-order chi connectivity index (χ1) is 9.61. The molecule has 1 N–H and O–H groups in total. The average Bonchev–Trinajstić information content (AvgIpc) is 2.69. The van der Waals surface area contributed by atoms with Crippen molar-refractivity contribution in [1.82, 2.24) is 5.32 Å². The van der Waals surface area contributed by atoms with Crippen molar-refractivity contribution in [2.24, 2.45) is 0 Å². The van der Waals surface area contributed by atoms with Crippen LogP contribution in [-0.2, 0) is 16.1 Å². The quantitative estimate of drug-likeness (QED) is 0.863. The lowest BCUT2D eigenvalue weighted by Crippen LogP contribution is -2.34. The Hall–Kier alpha value is -1.46. The SMILES string of the molecule is COC(=O)[C@H](C)NCc1cc(Cl)c2c(c1)OCCCO2. The Bertz CT molecular complexity index is 492. The maximum Gasteiger partial charge on any atom is 0.322 e. The van der Waals surface area contributed by atoms with Crippen LogP contribution in [0.3, 0.4) is 0 Å². The first-order valence-electron chi connectivity index (χ1n) is 6.51. The molecular formula is C14H18ClNO4. The first kappa shape index (κ1) is 14.9. The Kier molecular flexibility index (Phi) is 5.09. The number of methoxy groups -OCH3 is 1. The zero-order chi connectivity index (χ0) is 14.5. The van der Waals surface area contributed by atoms with E-state index in [4.69, 9.17) is 21.1 Å². The van der Waals surface area contributed by atoms with E-state index in [1.807, 2.05) is 12.1 Å². The van der Waals surface area contributed by atoms with Crippen LogP contribution in [0, 0.1) is 0 Å². The first-order valence-corrected chi connectivity index (χ1v) is 6.89. The lowest BCUT2D eigenvalue weighted by molar-refractivity contribution is -0.142. The van der Waals surface area contributed by atoms with Crippen molar-refractivity contribution in [2.75, 3.05) is 20.3 Å². The van der Waals surface area contributed by atoms with Gasteiger partial charge in [0.1, 0.15) is 6.04 Å². The Labute approximate surface area is 123 Å². The highest BCUT2D eigenvalue weighted by Crippen LogP contribution is 2.37. The van der Waals surface area contributed by atoms with E-state index in [0.717, 1.165) is 12.0 Å². The van der Waals surface area contributed by atoms with Crippen LogP contribution < -0.4 is 14.8 Å². The predicted octanol–water partition coefficient (Wildman–Crippen LogP) is 2.15. The van der Waals surface area contributed by atoms with Crippen molar-refractivity contribution < 1.29 is 19.0 Å². The number of carbonyl (C=O) groups excluding carboxylic acids is 1. The number of halogens is 1. The fourth-order valence-corrected chi connectivity index (χ4v) is 2.21. The van der Waals surface area contributed by atoms with Gasteiger partial charge in [-0.3, -0.25) is 4.79 Å². The Morgan fingerprint density at radius 2 is 2.20 bits per heavy atom. The van der Waals surface area contributed by atoms with Gasteiger partial charge in [-0.25, -0.2) is 0 Å². The predicted molar refractivity (Wildman–Crippen MR) is 75.4 cm³/mol. The Morgan fingerprint density at radius 1 is 1.45 bits per heavy atom. The van der Waals surface area contributed by atoms with Gasteiger partial charge in [0.2, 0.25) is 0 Å². The lowest BCUT2D eigenvalue weighted by Gasteiger charge is -2.14. The van der Waals surface area contributed by atoms with Crippen molar-refractivity contribution in [3.8, 4) is 11.5 Å². The normalized spacial score (nSPS) is 15.3. The zero-order valence-corrected chi connectivity index (χ0v) is 12.3. The van der Waals surface area contributed by atoms with Crippen molar-refractivity contribution in [3.63, 3.8) is 0 Å². The molecule has 0 unspecified atom stereocenters. The third-order valence-corrected chi connectivity index (χ3v) is 3.31. The van der Waals surface area contributed by atoms with Crippen LogP contribution in [0.15, 0.2) is 12.1 Å². The molecule has 0 spiro atoms. The highest BCUT2D eigenvalue weighted by Gasteiger charge is 2.17. The molecule has 1 aromatic rings. The Balaban J connectivity index is 2.08. The second kappa shape index (κ2) is 6.81. The van der Waals surface area contributed by atoms with E-state index >= 15 is 0 Å². The van der Waals surface area contributed by atoms with E-state index < -0.39 is 0 Å². The molecule has 1 atom stereocenters. The second-order valence-corrected chi connectivity index (χ2v) is 4.99. The summed E-state index contributed by atoms with van der Waals surface area (Å²) in [6.45, 7) is 3.45. The largest absolute Gasteiger partial charge is 0.489 e. The minimum atomic E-state index is -0.380. The number of hydrogen-bond acceptors (Lipinski definition) is 5. The molecule has 0 amide bonds. The molecule has 20 heavy (non-hydrogen) atoms. The minimum absolute atomic E-state index is 0.301. The minimum Gasteiger partial charge on any atom is -0.489 e. The maximum atomic E-state index is 11.3. The van der Waals surface area contributed by atoms with Gasteiger partial charge >= 0.3 is 5.97 Å². The van der Waals surface area contributed by atoms with Crippen LogP contribution in [0.5, 0.6) is 11.5 Å². The summed E-state index contributed by atoms with van der Waals surface area (Å²) in [5.74, 6) is 0.942. The average molecular weight is 300 g/mol. The smallest absolute Gasteiger partial charge is 0.322 e. The molecule has 0 aliphatic carbocycles. The zero-order valence-electron chi connectivity index (χ0n) is 11.6. The van der Waals surface area contributed by atoms with Gasteiger partial charge in [0.15, 0.2) is 11.5 Å². The third-order valence-electron chi connectivity index (χ3n) is 3.03. The number of hydrogen-bond donors (Lipinski definition) is 1. The van der Waals surface area contributed by atoms with Crippen LogP contribution in [0.25, 0.3) is 0 Å². The van der Waals surface area contributed by atoms with Crippen LogP contribution in [-0.4, -0.2) is 32.3 Å². The number of nitrogens with one attached hydrogen (secondary N) is 1. The van der Waals surface area contributed by atoms with Gasteiger partial charge in [0, 0.05) is 13.0 Å². The van der Waals surface area contributed by atoms with Gasteiger partial charge in [0.05, 0.1) is 25.3 Å². The molecule has 0 saturated carbocycles. The lowest BCUT2D eigenvalue weighted by atomic mass is 10.2. The van der Waals surface area contributed by atoms with E-state index in [-0.39, 0.29) is 12.0 Å². The molecule has 6 heteroatoms. The van der Waals surface area contributed by atoms with Crippen LogP contribution in [0.2, 0.25) is 5.02 Å². The summed E-state index contributed by atoms with van der Waals surface area (Å²) < 4.78 is 15.8. The molecule has 0 fully saturated rings. The van der Waals surface area contributed by atoms with Gasteiger partial charge in [-0.15, -0.1) is 0 Å². The van der Waals surface area contributed by atoms with Crippen molar-refractivity contribution in [1.29, 1.82) is 0 Å². The van der Waals surface area contributed by atoms with Crippen LogP contribution >= 0.6 is 11.6 Å². The number of fused-ring (bicyclic) bond motifs is 1. The van der Waals surface area contributed by atoms with Gasteiger partial charge in [0.25, 0.3) is 0 Å². The van der Waals surface area contributed by atoms with Gasteiger partial charge in [-0.05, 0) is 24.6 Å². The molecule has 0 bridgehead atoms. The van der Waals surface area contributed by atoms with E-state index in [1.165, 1.54) is 7.11 Å². The third kappa shape index (κ3) is 3.55. The van der Waals surface area contributed by atoms with Gasteiger partial charge in [-0.2, -0.15) is 0 Å². The van der Waals surface area contributed by atoms with Gasteiger partial charge < -0.3 is 19.5 Å². The fraction of sp³-hybridized carbons (Fsp3) is 0.500. The van der Waals surface area contributed by atoms with E-state index in [9.17, 15) is 4.79 Å². The standard InChI is InChI=1S/C14H18ClNO4/c1-9(14(17)18-2)16-8-10-6-11(15)13-12(7-10)19-4-3-5-20-13/h6-7,9,16H,3-5,8H2,1-2H3/t9-/m0/s1. The van der Waals surface area contributed by atoms with Crippen molar-refractivity contribution >= 4 is 17.6 Å². The van der Waals surface area contributed by atoms with Crippen LogP contribution in [0.1, 0.15) is 18.9 Å².